The van der Waals surface area contributed by atoms with Gasteiger partial charge in [-0.15, -0.1) is 0 Å². The molecule has 2 heterocycles. The van der Waals surface area contributed by atoms with Gasteiger partial charge in [0.2, 0.25) is 0 Å². The summed E-state index contributed by atoms with van der Waals surface area (Å²) in [7, 11) is 0. The van der Waals surface area contributed by atoms with Crippen molar-refractivity contribution in [2.24, 2.45) is 0 Å². The smallest absolute Gasteiger partial charge is 0.260 e. The number of rotatable bonds is 5. The number of nitrogens with one attached hydrogen (secondary N) is 1. The van der Waals surface area contributed by atoms with Gasteiger partial charge in [-0.05, 0) is 31.5 Å². The van der Waals surface area contributed by atoms with Gasteiger partial charge in [-0.2, -0.15) is 10.2 Å². The van der Waals surface area contributed by atoms with Crippen LogP contribution in [0, 0.1) is 12.7 Å². The molecule has 0 saturated heterocycles. The van der Waals surface area contributed by atoms with Crippen molar-refractivity contribution in [2.45, 2.75) is 26.9 Å². The first-order valence-corrected chi connectivity index (χ1v) is 8.17. The van der Waals surface area contributed by atoms with Crippen LogP contribution < -0.4 is 5.32 Å². The maximum absolute atomic E-state index is 13.1. The van der Waals surface area contributed by atoms with Crippen LogP contribution in [0.5, 0.6) is 0 Å². The van der Waals surface area contributed by atoms with Crippen LogP contribution in [0.4, 0.5) is 10.2 Å². The fraction of sp³-hybridized carbons (Fsp3) is 0.235. The Kier molecular flexibility index (Phi) is 4.85. The number of anilines is 1. The molecule has 1 N–H and O–H groups in total. The van der Waals surface area contributed by atoms with Crippen LogP contribution in [0.1, 0.15) is 28.5 Å². The first-order valence-electron chi connectivity index (χ1n) is 7.79. The molecule has 0 aliphatic rings. The molecule has 2 aromatic heterocycles. The van der Waals surface area contributed by atoms with Gasteiger partial charge in [-0.25, -0.2) is 4.39 Å². The van der Waals surface area contributed by atoms with Crippen molar-refractivity contribution in [1.82, 2.24) is 19.6 Å². The highest BCUT2D eigenvalue weighted by atomic mass is 35.5. The van der Waals surface area contributed by atoms with Gasteiger partial charge in [0.1, 0.15) is 5.82 Å². The Labute approximate surface area is 149 Å². The predicted octanol–water partition coefficient (Wildman–Crippen LogP) is 3.50. The highest BCUT2D eigenvalue weighted by Gasteiger charge is 2.14. The third-order valence-corrected chi connectivity index (χ3v) is 4.10. The second-order valence-corrected chi connectivity index (χ2v) is 5.98. The molecule has 0 saturated carbocycles. The Bertz CT molecular complexity index is 918. The molecule has 8 heteroatoms. The van der Waals surface area contributed by atoms with Crippen LogP contribution in [0.25, 0.3) is 0 Å². The highest BCUT2D eigenvalue weighted by molar-refractivity contribution is 6.31. The minimum absolute atomic E-state index is 0.262. The van der Waals surface area contributed by atoms with Gasteiger partial charge < -0.3 is 5.32 Å². The van der Waals surface area contributed by atoms with Crippen molar-refractivity contribution in [2.75, 3.05) is 5.32 Å². The third kappa shape index (κ3) is 3.88. The maximum Gasteiger partial charge on any atom is 0.260 e. The molecule has 0 aliphatic carbocycles. The first kappa shape index (κ1) is 17.2. The topological polar surface area (TPSA) is 64.7 Å². The Balaban J connectivity index is 1.70. The van der Waals surface area contributed by atoms with E-state index >= 15 is 0 Å². The molecule has 0 atom stereocenters. The Morgan fingerprint density at radius 1 is 1.28 bits per heavy atom. The molecule has 1 amide bonds. The standard InChI is InChI=1S/C17H17ClFN5O/c1-3-23-10-14(11(2)21-23)17(25)20-16-6-7-24(22-16)9-12-4-5-13(19)8-15(12)18/h4-8,10H,3,9H2,1-2H3,(H,20,22,25). The number of hydrogen-bond acceptors (Lipinski definition) is 3. The van der Waals surface area contributed by atoms with E-state index in [1.54, 1.807) is 40.8 Å². The molecule has 0 bridgehead atoms. The van der Waals surface area contributed by atoms with Gasteiger partial charge in [0.15, 0.2) is 5.82 Å². The normalized spacial score (nSPS) is 10.9. The van der Waals surface area contributed by atoms with Gasteiger partial charge >= 0.3 is 0 Å². The van der Waals surface area contributed by atoms with E-state index < -0.39 is 0 Å². The number of carbonyl (C=O) groups excluding carboxylic acids is 1. The Morgan fingerprint density at radius 2 is 2.08 bits per heavy atom. The summed E-state index contributed by atoms with van der Waals surface area (Å²) in [5, 5.41) is 11.6. The van der Waals surface area contributed by atoms with E-state index in [0.29, 0.717) is 35.2 Å². The highest BCUT2D eigenvalue weighted by Crippen LogP contribution is 2.19. The lowest BCUT2D eigenvalue weighted by Crippen LogP contribution is -2.13. The number of aromatic nitrogens is 4. The van der Waals surface area contributed by atoms with Crippen molar-refractivity contribution in [3.63, 3.8) is 0 Å². The molecule has 0 radical (unpaired) electrons. The molecular weight excluding hydrogens is 345 g/mol. The lowest BCUT2D eigenvalue weighted by atomic mass is 10.2. The van der Waals surface area contributed by atoms with Crippen molar-refractivity contribution >= 4 is 23.3 Å². The summed E-state index contributed by atoms with van der Waals surface area (Å²) in [6.45, 7) is 4.82. The molecule has 6 nitrogen and oxygen atoms in total. The monoisotopic (exact) mass is 361 g/mol. The molecule has 0 unspecified atom stereocenters. The molecule has 3 rings (SSSR count). The van der Waals surface area contributed by atoms with Crippen molar-refractivity contribution in [3.8, 4) is 0 Å². The van der Waals surface area contributed by atoms with E-state index in [1.165, 1.54) is 12.1 Å². The number of benzene rings is 1. The molecule has 3 aromatic rings. The van der Waals surface area contributed by atoms with Gasteiger partial charge in [0.05, 0.1) is 17.8 Å². The number of carbonyl (C=O) groups is 1. The molecule has 1 aromatic carbocycles. The van der Waals surface area contributed by atoms with Crippen LogP contribution in [0.15, 0.2) is 36.7 Å². The maximum atomic E-state index is 13.1. The Hall–Kier alpha value is -2.67. The summed E-state index contributed by atoms with van der Waals surface area (Å²) in [5.74, 6) is -0.223. The van der Waals surface area contributed by atoms with E-state index in [1.807, 2.05) is 6.92 Å². The first-order chi connectivity index (χ1) is 12.0. The number of aryl methyl sites for hydroxylation is 2. The summed E-state index contributed by atoms with van der Waals surface area (Å²) < 4.78 is 16.4. The zero-order chi connectivity index (χ0) is 18.0. The molecule has 130 valence electrons. The van der Waals surface area contributed by atoms with Crippen LogP contribution in [0.3, 0.4) is 0 Å². The van der Waals surface area contributed by atoms with Crippen molar-refractivity contribution in [1.29, 1.82) is 0 Å². The third-order valence-electron chi connectivity index (χ3n) is 3.74. The van der Waals surface area contributed by atoms with Gasteiger partial charge in [0, 0.05) is 30.0 Å². The number of amides is 1. The molecule has 0 fully saturated rings. The lowest BCUT2D eigenvalue weighted by molar-refractivity contribution is 0.102. The lowest BCUT2D eigenvalue weighted by Gasteiger charge is -2.05. The SMILES string of the molecule is CCn1cc(C(=O)Nc2ccn(Cc3ccc(F)cc3Cl)n2)c(C)n1. The second kappa shape index (κ2) is 7.06. The summed E-state index contributed by atoms with van der Waals surface area (Å²) in [4.78, 5) is 12.3. The fourth-order valence-electron chi connectivity index (χ4n) is 2.43. The van der Waals surface area contributed by atoms with Crippen LogP contribution in [-0.2, 0) is 13.1 Å². The average molecular weight is 362 g/mol. The van der Waals surface area contributed by atoms with E-state index in [9.17, 15) is 9.18 Å². The van der Waals surface area contributed by atoms with E-state index in [2.05, 4.69) is 15.5 Å². The van der Waals surface area contributed by atoms with Crippen LogP contribution in [0.2, 0.25) is 5.02 Å². The second-order valence-electron chi connectivity index (χ2n) is 5.57. The molecular formula is C17H17ClFN5O. The summed E-state index contributed by atoms with van der Waals surface area (Å²) in [6.07, 6.45) is 3.43. The van der Waals surface area contributed by atoms with Crippen molar-refractivity contribution in [3.05, 3.63) is 64.3 Å². The van der Waals surface area contributed by atoms with Gasteiger partial charge in [-0.3, -0.25) is 14.2 Å². The van der Waals surface area contributed by atoms with E-state index in [-0.39, 0.29) is 11.7 Å². The quantitative estimate of drug-likeness (QED) is 0.756. The Morgan fingerprint density at radius 3 is 2.76 bits per heavy atom. The van der Waals surface area contributed by atoms with E-state index in [4.69, 9.17) is 11.6 Å². The fourth-order valence-corrected chi connectivity index (χ4v) is 2.65. The zero-order valence-electron chi connectivity index (χ0n) is 13.8. The van der Waals surface area contributed by atoms with Crippen molar-refractivity contribution < 1.29 is 9.18 Å². The number of halogens is 2. The van der Waals surface area contributed by atoms with Gasteiger partial charge in [0.25, 0.3) is 5.91 Å². The molecule has 0 aliphatic heterocycles. The molecule has 25 heavy (non-hydrogen) atoms. The minimum Gasteiger partial charge on any atom is -0.305 e. The van der Waals surface area contributed by atoms with Crippen LogP contribution in [-0.4, -0.2) is 25.5 Å². The predicted molar refractivity (Wildman–Crippen MR) is 93.3 cm³/mol. The summed E-state index contributed by atoms with van der Waals surface area (Å²) >= 11 is 6.02. The largest absolute Gasteiger partial charge is 0.305 e. The molecule has 0 spiro atoms. The summed E-state index contributed by atoms with van der Waals surface area (Å²) in [5.41, 5.74) is 1.92. The number of hydrogen-bond donors (Lipinski definition) is 1. The minimum atomic E-state index is -0.384. The van der Waals surface area contributed by atoms with E-state index in [0.717, 1.165) is 5.56 Å². The van der Waals surface area contributed by atoms with Crippen LogP contribution >= 0.6 is 11.6 Å². The number of nitrogens with zero attached hydrogens (tertiary/aromatic N) is 4. The van der Waals surface area contributed by atoms with Gasteiger partial charge in [-0.1, -0.05) is 17.7 Å². The summed E-state index contributed by atoms with van der Waals surface area (Å²) in [6, 6.07) is 5.91. The zero-order valence-corrected chi connectivity index (χ0v) is 14.6. The average Bonchev–Trinajstić information content (AvgIpc) is 3.16.